The largest absolute Gasteiger partial charge is 0.329 e. The average molecular weight is 289 g/mol. The van der Waals surface area contributed by atoms with Crippen LogP contribution in [0.25, 0.3) is 0 Å². The van der Waals surface area contributed by atoms with Gasteiger partial charge in [0.1, 0.15) is 0 Å². The smallest absolute Gasteiger partial charge is 0.243 e. The van der Waals surface area contributed by atoms with E-state index in [9.17, 15) is 8.42 Å². The van der Waals surface area contributed by atoms with Crippen molar-refractivity contribution in [1.29, 1.82) is 0 Å². The molecule has 0 spiro atoms. The maximum absolute atomic E-state index is 12.6. The predicted octanol–water partition coefficient (Wildman–Crippen LogP) is 1.76. The van der Waals surface area contributed by atoms with Crippen molar-refractivity contribution in [2.45, 2.75) is 30.7 Å². The van der Waals surface area contributed by atoms with Gasteiger partial charge in [0, 0.05) is 24.2 Å². The molecule has 1 saturated heterocycles. The molecule has 1 aliphatic rings. The number of nitrogens with two attached hydrogens (primary N) is 1. The Hall–Kier alpha value is -0.620. The Kier molecular flexibility index (Phi) is 3.96. The van der Waals surface area contributed by atoms with Gasteiger partial charge >= 0.3 is 0 Å². The highest BCUT2D eigenvalue weighted by atomic mass is 35.5. The first-order valence-corrected chi connectivity index (χ1v) is 7.76. The van der Waals surface area contributed by atoms with Crippen LogP contribution in [0.15, 0.2) is 23.1 Å². The fraction of sp³-hybridized carbons (Fsp3) is 0.500. The molecule has 1 atom stereocenters. The van der Waals surface area contributed by atoms with Crippen molar-refractivity contribution < 1.29 is 8.42 Å². The normalized spacial score (nSPS) is 21.4. The second-order valence-electron chi connectivity index (χ2n) is 4.56. The van der Waals surface area contributed by atoms with Crippen LogP contribution in [0.4, 0.5) is 0 Å². The van der Waals surface area contributed by atoms with Crippen molar-refractivity contribution in [3.8, 4) is 0 Å². The van der Waals surface area contributed by atoms with Crippen LogP contribution in [0.3, 0.4) is 0 Å². The number of rotatable bonds is 3. The maximum Gasteiger partial charge on any atom is 0.243 e. The summed E-state index contributed by atoms with van der Waals surface area (Å²) in [7, 11) is -3.45. The Morgan fingerprint density at radius 2 is 2.22 bits per heavy atom. The van der Waals surface area contributed by atoms with Gasteiger partial charge in [-0.05, 0) is 43.5 Å². The van der Waals surface area contributed by atoms with Crippen molar-refractivity contribution in [3.63, 3.8) is 0 Å². The summed E-state index contributed by atoms with van der Waals surface area (Å²) in [4.78, 5) is 0.326. The van der Waals surface area contributed by atoms with E-state index < -0.39 is 10.0 Å². The number of aryl methyl sites for hydroxylation is 1. The van der Waals surface area contributed by atoms with Gasteiger partial charge in [0.05, 0.1) is 4.90 Å². The van der Waals surface area contributed by atoms with Gasteiger partial charge < -0.3 is 5.73 Å². The number of hydrogen-bond donors (Lipinski definition) is 1. The van der Waals surface area contributed by atoms with Crippen molar-refractivity contribution >= 4 is 21.6 Å². The number of nitrogens with zero attached hydrogens (tertiary/aromatic N) is 1. The van der Waals surface area contributed by atoms with Crippen LogP contribution in [0.5, 0.6) is 0 Å². The molecule has 2 rings (SSSR count). The third-order valence-electron chi connectivity index (χ3n) is 3.32. The lowest BCUT2D eigenvalue weighted by molar-refractivity contribution is 0.393. The van der Waals surface area contributed by atoms with Crippen LogP contribution in [0, 0.1) is 6.92 Å². The Bertz CT molecular complexity index is 545. The van der Waals surface area contributed by atoms with Crippen LogP contribution in [-0.4, -0.2) is 31.9 Å². The van der Waals surface area contributed by atoms with Gasteiger partial charge in [0.15, 0.2) is 0 Å². The molecule has 2 N–H and O–H groups in total. The molecular formula is C12H17ClN2O2S. The summed E-state index contributed by atoms with van der Waals surface area (Å²) in [6, 6.07) is 4.76. The SMILES string of the molecule is Cc1cc(Cl)ccc1S(=O)(=O)N1CCCC1CN. The van der Waals surface area contributed by atoms with E-state index in [0.29, 0.717) is 28.6 Å². The number of sulfonamides is 1. The number of halogens is 1. The first kappa shape index (κ1) is 13.8. The molecule has 1 aromatic rings. The average Bonchev–Trinajstić information content (AvgIpc) is 2.76. The molecule has 0 saturated carbocycles. The molecule has 0 aromatic heterocycles. The lowest BCUT2D eigenvalue weighted by Crippen LogP contribution is -2.40. The molecule has 1 aliphatic heterocycles. The standard InChI is InChI=1S/C12H17ClN2O2S/c1-9-7-10(13)4-5-12(9)18(16,17)15-6-2-3-11(15)8-14/h4-5,7,11H,2-3,6,8,14H2,1H3. The van der Waals surface area contributed by atoms with Crippen molar-refractivity contribution in [1.82, 2.24) is 4.31 Å². The predicted molar refractivity (Wildman–Crippen MR) is 72.2 cm³/mol. The Balaban J connectivity index is 2.42. The van der Waals surface area contributed by atoms with E-state index >= 15 is 0 Å². The molecule has 1 aromatic carbocycles. The van der Waals surface area contributed by atoms with Gasteiger partial charge in [-0.1, -0.05) is 11.6 Å². The zero-order valence-electron chi connectivity index (χ0n) is 10.3. The summed E-state index contributed by atoms with van der Waals surface area (Å²) in [5.41, 5.74) is 6.31. The third kappa shape index (κ3) is 2.40. The molecule has 0 aliphatic carbocycles. The number of hydrogen-bond acceptors (Lipinski definition) is 3. The van der Waals surface area contributed by atoms with Gasteiger partial charge in [-0.15, -0.1) is 0 Å². The molecule has 1 heterocycles. The van der Waals surface area contributed by atoms with Crippen LogP contribution in [0.1, 0.15) is 18.4 Å². The second kappa shape index (κ2) is 5.17. The highest BCUT2D eigenvalue weighted by Crippen LogP contribution is 2.28. The van der Waals surface area contributed by atoms with Gasteiger partial charge in [-0.2, -0.15) is 4.31 Å². The van der Waals surface area contributed by atoms with E-state index in [0.717, 1.165) is 12.8 Å². The van der Waals surface area contributed by atoms with Crippen molar-refractivity contribution in [2.75, 3.05) is 13.1 Å². The first-order valence-electron chi connectivity index (χ1n) is 5.95. The quantitative estimate of drug-likeness (QED) is 0.922. The zero-order valence-corrected chi connectivity index (χ0v) is 11.8. The second-order valence-corrected chi connectivity index (χ2v) is 6.85. The van der Waals surface area contributed by atoms with Crippen LogP contribution < -0.4 is 5.73 Å². The van der Waals surface area contributed by atoms with Gasteiger partial charge in [-0.3, -0.25) is 0 Å². The third-order valence-corrected chi connectivity index (χ3v) is 5.67. The van der Waals surface area contributed by atoms with E-state index in [1.165, 1.54) is 4.31 Å². The number of benzene rings is 1. The fourth-order valence-electron chi connectivity index (χ4n) is 2.39. The van der Waals surface area contributed by atoms with E-state index in [4.69, 9.17) is 17.3 Å². The van der Waals surface area contributed by atoms with Gasteiger partial charge in [0.25, 0.3) is 0 Å². The summed E-state index contributed by atoms with van der Waals surface area (Å²) in [6.45, 7) is 2.67. The Morgan fingerprint density at radius 1 is 1.50 bits per heavy atom. The molecular weight excluding hydrogens is 272 g/mol. The monoisotopic (exact) mass is 288 g/mol. The summed E-state index contributed by atoms with van der Waals surface area (Å²) >= 11 is 5.85. The minimum absolute atomic E-state index is 0.0786. The van der Waals surface area contributed by atoms with E-state index in [-0.39, 0.29) is 6.04 Å². The van der Waals surface area contributed by atoms with Gasteiger partial charge in [0.2, 0.25) is 10.0 Å². The Morgan fingerprint density at radius 3 is 2.83 bits per heavy atom. The van der Waals surface area contributed by atoms with Crippen LogP contribution in [-0.2, 0) is 10.0 Å². The minimum Gasteiger partial charge on any atom is -0.329 e. The Labute approximate surface area is 113 Å². The lowest BCUT2D eigenvalue weighted by atomic mass is 10.2. The highest BCUT2D eigenvalue weighted by Gasteiger charge is 2.35. The van der Waals surface area contributed by atoms with Gasteiger partial charge in [-0.25, -0.2) is 8.42 Å². The van der Waals surface area contributed by atoms with Crippen LogP contribution >= 0.6 is 11.6 Å². The highest BCUT2D eigenvalue weighted by molar-refractivity contribution is 7.89. The molecule has 4 nitrogen and oxygen atoms in total. The van der Waals surface area contributed by atoms with Crippen LogP contribution in [0.2, 0.25) is 5.02 Å². The summed E-state index contributed by atoms with van der Waals surface area (Å²) < 4.78 is 26.6. The molecule has 1 unspecified atom stereocenters. The van der Waals surface area contributed by atoms with E-state index in [2.05, 4.69) is 0 Å². The lowest BCUT2D eigenvalue weighted by Gasteiger charge is -2.23. The maximum atomic E-state index is 12.6. The summed E-state index contributed by atoms with van der Waals surface area (Å²) in [5.74, 6) is 0. The molecule has 0 amide bonds. The molecule has 1 fully saturated rings. The zero-order chi connectivity index (χ0) is 13.3. The summed E-state index contributed by atoms with van der Waals surface area (Å²) in [6.07, 6.45) is 1.70. The van der Waals surface area contributed by atoms with E-state index in [1.807, 2.05) is 0 Å². The molecule has 100 valence electrons. The topological polar surface area (TPSA) is 63.4 Å². The fourth-order valence-corrected chi connectivity index (χ4v) is 4.53. The summed E-state index contributed by atoms with van der Waals surface area (Å²) in [5, 5.41) is 0.545. The molecule has 0 bridgehead atoms. The first-order chi connectivity index (χ1) is 8.46. The minimum atomic E-state index is -3.45. The van der Waals surface area contributed by atoms with E-state index in [1.54, 1.807) is 25.1 Å². The molecule has 6 heteroatoms. The van der Waals surface area contributed by atoms with Crippen molar-refractivity contribution in [3.05, 3.63) is 28.8 Å². The van der Waals surface area contributed by atoms with Crippen molar-refractivity contribution in [2.24, 2.45) is 5.73 Å². The molecule has 18 heavy (non-hydrogen) atoms. The molecule has 0 radical (unpaired) electrons.